The zero-order valence-corrected chi connectivity index (χ0v) is 9.50. The number of halogens is 1. The molecule has 2 aromatic rings. The number of nitrogens with zero attached hydrogens (tertiary/aromatic N) is 1. The van der Waals surface area contributed by atoms with Crippen LogP contribution in [0, 0.1) is 5.82 Å². The Morgan fingerprint density at radius 1 is 1.05 bits per heavy atom. The third kappa shape index (κ3) is 2.57. The minimum absolute atomic E-state index is 0.0528. The van der Waals surface area contributed by atoms with E-state index in [4.69, 9.17) is 10.2 Å². The number of aromatic carboxylic acids is 2. The number of aromatic nitrogens is 1. The summed E-state index contributed by atoms with van der Waals surface area (Å²) >= 11 is 0. The highest BCUT2D eigenvalue weighted by atomic mass is 19.1. The van der Waals surface area contributed by atoms with Crippen molar-refractivity contribution in [2.75, 3.05) is 0 Å². The maximum atomic E-state index is 13.7. The van der Waals surface area contributed by atoms with Gasteiger partial charge in [-0.2, -0.15) is 0 Å². The molecule has 6 heteroatoms. The first-order valence-electron chi connectivity index (χ1n) is 5.22. The monoisotopic (exact) mass is 261 g/mol. The largest absolute Gasteiger partial charge is 0.478 e. The normalized spacial score (nSPS) is 10.2. The summed E-state index contributed by atoms with van der Waals surface area (Å²) in [5.41, 5.74) is -0.319. The molecule has 0 unspecified atom stereocenters. The average molecular weight is 261 g/mol. The molecule has 2 rings (SSSR count). The predicted octanol–water partition coefficient (Wildman–Crippen LogP) is 2.28. The molecular formula is C13H8FNO4. The first-order chi connectivity index (χ1) is 8.99. The molecule has 0 spiro atoms. The quantitative estimate of drug-likeness (QED) is 0.884. The lowest BCUT2D eigenvalue weighted by Crippen LogP contribution is -2.02. The molecule has 0 bridgehead atoms. The summed E-state index contributed by atoms with van der Waals surface area (Å²) in [5.74, 6) is -3.10. The van der Waals surface area contributed by atoms with Crippen molar-refractivity contribution in [1.29, 1.82) is 0 Å². The SMILES string of the molecule is O=C(O)c1ccc(F)c(-c2cccc(C(=O)O)n2)c1. The lowest BCUT2D eigenvalue weighted by atomic mass is 10.1. The Morgan fingerprint density at radius 2 is 1.79 bits per heavy atom. The van der Waals surface area contributed by atoms with Crippen LogP contribution in [0.2, 0.25) is 0 Å². The van der Waals surface area contributed by atoms with Crippen LogP contribution in [0.4, 0.5) is 4.39 Å². The Balaban J connectivity index is 2.57. The van der Waals surface area contributed by atoms with Gasteiger partial charge in [0.2, 0.25) is 0 Å². The van der Waals surface area contributed by atoms with Gasteiger partial charge in [-0.3, -0.25) is 0 Å². The Kier molecular flexibility index (Phi) is 3.24. The van der Waals surface area contributed by atoms with Crippen molar-refractivity contribution in [2.24, 2.45) is 0 Å². The van der Waals surface area contributed by atoms with Crippen LogP contribution in [0.1, 0.15) is 20.8 Å². The summed E-state index contributed by atoms with van der Waals surface area (Å²) in [6.07, 6.45) is 0. The Labute approximate surface area is 107 Å². The summed E-state index contributed by atoms with van der Waals surface area (Å²) in [6, 6.07) is 7.35. The van der Waals surface area contributed by atoms with Gasteiger partial charge in [0.25, 0.3) is 0 Å². The summed E-state index contributed by atoms with van der Waals surface area (Å²) in [6.45, 7) is 0. The van der Waals surface area contributed by atoms with Gasteiger partial charge in [-0.1, -0.05) is 6.07 Å². The van der Waals surface area contributed by atoms with Gasteiger partial charge in [0, 0.05) is 5.56 Å². The van der Waals surface area contributed by atoms with Gasteiger partial charge in [-0.15, -0.1) is 0 Å². The molecule has 0 aliphatic rings. The summed E-state index contributed by atoms with van der Waals surface area (Å²) in [4.78, 5) is 25.4. The third-order valence-corrected chi connectivity index (χ3v) is 2.46. The van der Waals surface area contributed by atoms with Gasteiger partial charge < -0.3 is 10.2 Å². The van der Waals surface area contributed by atoms with Crippen LogP contribution < -0.4 is 0 Å². The van der Waals surface area contributed by atoms with Gasteiger partial charge in [-0.25, -0.2) is 19.0 Å². The lowest BCUT2D eigenvalue weighted by molar-refractivity contribution is 0.0682. The minimum atomic E-state index is -1.24. The topological polar surface area (TPSA) is 87.5 Å². The molecule has 0 aliphatic carbocycles. The first-order valence-corrected chi connectivity index (χ1v) is 5.22. The fourth-order valence-electron chi connectivity index (χ4n) is 1.56. The van der Waals surface area contributed by atoms with E-state index in [1.807, 2.05) is 0 Å². The highest BCUT2D eigenvalue weighted by Crippen LogP contribution is 2.22. The van der Waals surface area contributed by atoms with Crippen molar-refractivity contribution < 1.29 is 24.2 Å². The smallest absolute Gasteiger partial charge is 0.354 e. The molecule has 0 radical (unpaired) electrons. The van der Waals surface area contributed by atoms with Crippen molar-refractivity contribution in [3.63, 3.8) is 0 Å². The number of hydrogen-bond acceptors (Lipinski definition) is 3. The first kappa shape index (κ1) is 12.7. The highest BCUT2D eigenvalue weighted by Gasteiger charge is 2.13. The van der Waals surface area contributed by atoms with Crippen molar-refractivity contribution in [3.05, 3.63) is 53.5 Å². The molecule has 0 aliphatic heterocycles. The molecule has 0 atom stereocenters. The van der Waals surface area contributed by atoms with Crippen molar-refractivity contribution in [1.82, 2.24) is 4.98 Å². The number of carbonyl (C=O) groups is 2. The maximum absolute atomic E-state index is 13.7. The van der Waals surface area contributed by atoms with E-state index in [-0.39, 0.29) is 22.5 Å². The average Bonchev–Trinajstić information content (AvgIpc) is 2.39. The number of benzene rings is 1. The van der Waals surface area contributed by atoms with Gasteiger partial charge in [0.15, 0.2) is 0 Å². The van der Waals surface area contributed by atoms with Crippen molar-refractivity contribution in [3.8, 4) is 11.3 Å². The standard InChI is InChI=1S/C13H8FNO4/c14-9-5-4-7(12(16)17)6-8(9)10-2-1-3-11(15-10)13(18)19/h1-6H,(H,16,17)(H,18,19). The molecule has 0 amide bonds. The van der Waals surface area contributed by atoms with E-state index in [1.165, 1.54) is 18.2 Å². The fraction of sp³-hybridized carbons (Fsp3) is 0. The van der Waals surface area contributed by atoms with E-state index in [0.717, 1.165) is 18.2 Å². The Morgan fingerprint density at radius 3 is 2.42 bits per heavy atom. The minimum Gasteiger partial charge on any atom is -0.478 e. The molecule has 19 heavy (non-hydrogen) atoms. The molecule has 96 valence electrons. The van der Waals surface area contributed by atoms with E-state index in [9.17, 15) is 14.0 Å². The second-order valence-electron chi connectivity index (χ2n) is 3.71. The second kappa shape index (κ2) is 4.85. The number of carboxylic acid groups (broad SMARTS) is 2. The summed E-state index contributed by atoms with van der Waals surface area (Å²) in [5, 5.41) is 17.7. The van der Waals surface area contributed by atoms with Crippen LogP contribution in [0.25, 0.3) is 11.3 Å². The molecule has 0 saturated carbocycles. The zero-order valence-electron chi connectivity index (χ0n) is 9.50. The van der Waals surface area contributed by atoms with E-state index >= 15 is 0 Å². The summed E-state index contributed by atoms with van der Waals surface area (Å²) in [7, 11) is 0. The highest BCUT2D eigenvalue weighted by molar-refractivity contribution is 5.90. The Hall–Kier alpha value is -2.76. The van der Waals surface area contributed by atoms with Crippen molar-refractivity contribution >= 4 is 11.9 Å². The van der Waals surface area contributed by atoms with E-state index < -0.39 is 17.8 Å². The maximum Gasteiger partial charge on any atom is 0.354 e. The lowest BCUT2D eigenvalue weighted by Gasteiger charge is -2.05. The van der Waals surface area contributed by atoms with Gasteiger partial charge in [0.1, 0.15) is 11.5 Å². The van der Waals surface area contributed by atoms with Crippen LogP contribution in [-0.2, 0) is 0 Å². The zero-order chi connectivity index (χ0) is 14.0. The number of hydrogen-bond donors (Lipinski definition) is 2. The van der Waals surface area contributed by atoms with Crippen LogP contribution in [0.3, 0.4) is 0 Å². The second-order valence-corrected chi connectivity index (χ2v) is 3.71. The Bertz CT molecular complexity index is 669. The molecule has 1 aromatic heterocycles. The third-order valence-electron chi connectivity index (χ3n) is 2.46. The van der Waals surface area contributed by atoms with Gasteiger partial charge in [0.05, 0.1) is 11.3 Å². The van der Waals surface area contributed by atoms with Crippen LogP contribution in [-0.4, -0.2) is 27.1 Å². The number of rotatable bonds is 3. The van der Waals surface area contributed by atoms with E-state index in [0.29, 0.717) is 0 Å². The van der Waals surface area contributed by atoms with E-state index in [2.05, 4.69) is 4.98 Å². The van der Waals surface area contributed by atoms with Crippen LogP contribution in [0.15, 0.2) is 36.4 Å². The van der Waals surface area contributed by atoms with Crippen molar-refractivity contribution in [2.45, 2.75) is 0 Å². The molecule has 2 N–H and O–H groups in total. The van der Waals surface area contributed by atoms with Crippen LogP contribution >= 0.6 is 0 Å². The van der Waals surface area contributed by atoms with Gasteiger partial charge >= 0.3 is 11.9 Å². The molecule has 0 fully saturated rings. The molecule has 1 heterocycles. The molecule has 5 nitrogen and oxygen atoms in total. The molecule has 1 aromatic carbocycles. The number of pyridine rings is 1. The number of carboxylic acids is 2. The predicted molar refractivity (Wildman–Crippen MR) is 63.5 cm³/mol. The van der Waals surface area contributed by atoms with E-state index in [1.54, 1.807) is 0 Å². The van der Waals surface area contributed by atoms with Crippen LogP contribution in [0.5, 0.6) is 0 Å². The molecule has 0 saturated heterocycles. The summed E-state index contributed by atoms with van der Waals surface area (Å²) < 4.78 is 13.7. The fourth-order valence-corrected chi connectivity index (χ4v) is 1.56. The molecular weight excluding hydrogens is 253 g/mol. The van der Waals surface area contributed by atoms with Gasteiger partial charge in [-0.05, 0) is 30.3 Å².